The fourth-order valence-electron chi connectivity index (χ4n) is 1.42. The fraction of sp³-hybridized carbons (Fsp3) is 0.750. The largest absolute Gasteiger partial charge is 0.468 e. The molecule has 0 bridgehead atoms. The smallest absolute Gasteiger partial charge is 0.319 e. The average Bonchev–Trinajstić information content (AvgIpc) is 2.37. The molecule has 0 fully saturated rings. The Morgan fingerprint density at radius 1 is 1.00 bits per heavy atom. The van der Waals surface area contributed by atoms with E-state index in [1.807, 2.05) is 0 Å². The maximum atomic E-state index is 11.4. The van der Waals surface area contributed by atoms with Crippen LogP contribution in [-0.4, -0.2) is 62.8 Å². The van der Waals surface area contributed by atoms with E-state index in [0.717, 1.165) is 0 Å². The lowest BCUT2D eigenvalue weighted by Gasteiger charge is -2.26. The number of ether oxygens (including phenoxy) is 3. The van der Waals surface area contributed by atoms with Crippen LogP contribution in [-0.2, 0) is 28.6 Å². The zero-order valence-electron chi connectivity index (χ0n) is 11.8. The lowest BCUT2D eigenvalue weighted by atomic mass is 10.2. The summed E-state index contributed by atoms with van der Waals surface area (Å²) in [4.78, 5) is 35.4. The molecule has 0 aliphatic carbocycles. The van der Waals surface area contributed by atoms with Crippen molar-refractivity contribution < 1.29 is 28.6 Å². The molecule has 1 unspecified atom stereocenters. The number of esters is 3. The van der Waals surface area contributed by atoms with Crippen molar-refractivity contribution in [2.45, 2.75) is 26.3 Å². The van der Waals surface area contributed by atoms with Crippen molar-refractivity contribution in [2.75, 3.05) is 33.9 Å². The predicted octanol–water partition coefficient (Wildman–Crippen LogP) is -0.0239. The first-order valence-corrected chi connectivity index (χ1v) is 5.97. The minimum Gasteiger partial charge on any atom is -0.468 e. The summed E-state index contributed by atoms with van der Waals surface area (Å²) < 4.78 is 13.9. The first kappa shape index (κ1) is 17.4. The van der Waals surface area contributed by atoms with E-state index in [1.54, 1.807) is 13.8 Å². The van der Waals surface area contributed by atoms with E-state index >= 15 is 0 Å². The van der Waals surface area contributed by atoms with Crippen molar-refractivity contribution in [3.8, 4) is 0 Å². The molecular weight excluding hydrogens is 254 g/mol. The van der Waals surface area contributed by atoms with Gasteiger partial charge in [0.25, 0.3) is 0 Å². The lowest BCUT2D eigenvalue weighted by molar-refractivity contribution is -0.150. The maximum Gasteiger partial charge on any atom is 0.319 e. The van der Waals surface area contributed by atoms with E-state index < -0.39 is 11.9 Å². The van der Waals surface area contributed by atoms with Gasteiger partial charge in [-0.2, -0.15) is 0 Å². The molecule has 0 N–H and O–H groups in total. The molecule has 0 saturated carbocycles. The minimum absolute atomic E-state index is 0.0851. The second-order valence-electron chi connectivity index (χ2n) is 3.92. The normalized spacial score (nSPS) is 11.8. The highest BCUT2D eigenvalue weighted by molar-refractivity contribution is 5.75. The van der Waals surface area contributed by atoms with Crippen LogP contribution in [0.2, 0.25) is 0 Å². The van der Waals surface area contributed by atoms with Crippen LogP contribution in [0.25, 0.3) is 0 Å². The van der Waals surface area contributed by atoms with E-state index in [2.05, 4.69) is 9.47 Å². The molecule has 110 valence electrons. The number of nitrogens with zero attached hydrogens (tertiary/aromatic N) is 1. The molecule has 0 saturated heterocycles. The van der Waals surface area contributed by atoms with Gasteiger partial charge >= 0.3 is 17.9 Å². The van der Waals surface area contributed by atoms with Crippen LogP contribution < -0.4 is 0 Å². The van der Waals surface area contributed by atoms with Crippen molar-refractivity contribution in [3.05, 3.63) is 0 Å². The van der Waals surface area contributed by atoms with Crippen LogP contribution >= 0.6 is 0 Å². The van der Waals surface area contributed by atoms with Crippen molar-refractivity contribution in [1.29, 1.82) is 0 Å². The molecule has 7 heteroatoms. The van der Waals surface area contributed by atoms with Gasteiger partial charge in [0.15, 0.2) is 0 Å². The molecule has 0 amide bonds. The van der Waals surface area contributed by atoms with Gasteiger partial charge in [0.1, 0.15) is 0 Å². The highest BCUT2D eigenvalue weighted by atomic mass is 16.5. The molecular formula is C12H21NO6. The Bertz CT molecular complexity index is 299. The van der Waals surface area contributed by atoms with E-state index in [1.165, 1.54) is 19.1 Å². The molecule has 1 atom stereocenters. The van der Waals surface area contributed by atoms with Gasteiger partial charge in [-0.25, -0.2) is 0 Å². The Labute approximate surface area is 112 Å². The Balaban J connectivity index is 4.56. The summed E-state index contributed by atoms with van der Waals surface area (Å²) in [6.45, 7) is 3.55. The van der Waals surface area contributed by atoms with Crippen molar-refractivity contribution in [3.63, 3.8) is 0 Å². The molecule has 0 spiro atoms. The summed E-state index contributed by atoms with van der Waals surface area (Å²) in [5, 5.41) is 0. The van der Waals surface area contributed by atoms with Crippen molar-refractivity contribution in [1.82, 2.24) is 4.90 Å². The molecule has 0 heterocycles. The number of rotatable bonds is 8. The van der Waals surface area contributed by atoms with Gasteiger partial charge in [-0.15, -0.1) is 0 Å². The van der Waals surface area contributed by atoms with Gasteiger partial charge in [0, 0.05) is 6.04 Å². The van der Waals surface area contributed by atoms with Crippen LogP contribution in [0, 0.1) is 0 Å². The Morgan fingerprint density at radius 3 is 1.84 bits per heavy atom. The Morgan fingerprint density at radius 2 is 1.47 bits per heavy atom. The van der Waals surface area contributed by atoms with Gasteiger partial charge in [0.05, 0.1) is 40.3 Å². The van der Waals surface area contributed by atoms with E-state index in [-0.39, 0.29) is 31.5 Å². The topological polar surface area (TPSA) is 82.1 Å². The summed E-state index contributed by atoms with van der Waals surface area (Å²) in [6.07, 6.45) is 0.0851. The number of carbonyl (C=O) groups is 3. The maximum absolute atomic E-state index is 11.4. The third-order valence-electron chi connectivity index (χ3n) is 2.51. The van der Waals surface area contributed by atoms with Gasteiger partial charge in [-0.3, -0.25) is 19.3 Å². The number of hydrogen-bond acceptors (Lipinski definition) is 7. The SMILES string of the molecule is CCOC(=O)CC(C)N(CC(=O)OC)CC(=O)OC. The van der Waals surface area contributed by atoms with Gasteiger partial charge in [-0.05, 0) is 13.8 Å². The quantitative estimate of drug-likeness (QED) is 0.454. The molecule has 0 aromatic rings. The molecule has 7 nitrogen and oxygen atoms in total. The summed E-state index contributed by atoms with van der Waals surface area (Å²) in [5.74, 6) is -1.35. The molecule has 19 heavy (non-hydrogen) atoms. The zero-order chi connectivity index (χ0) is 14.8. The highest BCUT2D eigenvalue weighted by Crippen LogP contribution is 2.06. The molecule has 0 aromatic carbocycles. The summed E-state index contributed by atoms with van der Waals surface area (Å²) in [7, 11) is 2.52. The van der Waals surface area contributed by atoms with E-state index in [4.69, 9.17) is 4.74 Å². The van der Waals surface area contributed by atoms with Crippen molar-refractivity contribution >= 4 is 17.9 Å². The Kier molecular flexibility index (Phi) is 8.52. The first-order chi connectivity index (χ1) is 8.94. The molecule has 0 aliphatic heterocycles. The second-order valence-corrected chi connectivity index (χ2v) is 3.92. The van der Waals surface area contributed by atoms with E-state index in [0.29, 0.717) is 6.61 Å². The molecule has 0 rings (SSSR count). The van der Waals surface area contributed by atoms with Crippen LogP contribution in [0.15, 0.2) is 0 Å². The van der Waals surface area contributed by atoms with E-state index in [9.17, 15) is 14.4 Å². The van der Waals surface area contributed by atoms with Crippen LogP contribution in [0.3, 0.4) is 0 Å². The third-order valence-corrected chi connectivity index (χ3v) is 2.51. The van der Waals surface area contributed by atoms with Gasteiger partial charge < -0.3 is 14.2 Å². The zero-order valence-corrected chi connectivity index (χ0v) is 11.8. The fourth-order valence-corrected chi connectivity index (χ4v) is 1.42. The number of methoxy groups -OCH3 is 2. The molecule has 0 aromatic heterocycles. The first-order valence-electron chi connectivity index (χ1n) is 5.97. The van der Waals surface area contributed by atoms with Gasteiger partial charge in [-0.1, -0.05) is 0 Å². The number of hydrogen-bond donors (Lipinski definition) is 0. The monoisotopic (exact) mass is 275 g/mol. The van der Waals surface area contributed by atoms with Crippen LogP contribution in [0.1, 0.15) is 20.3 Å². The average molecular weight is 275 g/mol. The summed E-state index contributed by atoms with van der Waals surface area (Å²) in [6, 6.07) is -0.336. The lowest BCUT2D eigenvalue weighted by Crippen LogP contribution is -2.42. The number of carbonyl (C=O) groups excluding carboxylic acids is 3. The Hall–Kier alpha value is -1.63. The predicted molar refractivity (Wildman–Crippen MR) is 66.3 cm³/mol. The minimum atomic E-state index is -0.486. The standard InChI is InChI=1S/C12H21NO6/c1-5-19-10(14)6-9(2)13(7-11(15)17-3)8-12(16)18-4/h9H,5-8H2,1-4H3. The highest BCUT2D eigenvalue weighted by Gasteiger charge is 2.23. The van der Waals surface area contributed by atoms with Crippen LogP contribution in [0.5, 0.6) is 0 Å². The molecule has 0 radical (unpaired) electrons. The van der Waals surface area contributed by atoms with Crippen molar-refractivity contribution in [2.24, 2.45) is 0 Å². The van der Waals surface area contributed by atoms with Crippen LogP contribution in [0.4, 0.5) is 0 Å². The third kappa shape index (κ3) is 7.40. The second kappa shape index (κ2) is 9.32. The summed E-state index contributed by atoms with van der Waals surface area (Å²) >= 11 is 0. The molecule has 0 aliphatic rings. The summed E-state index contributed by atoms with van der Waals surface area (Å²) in [5.41, 5.74) is 0. The van der Waals surface area contributed by atoms with Gasteiger partial charge in [0.2, 0.25) is 0 Å².